The lowest BCUT2D eigenvalue weighted by Gasteiger charge is -2.09. The highest BCUT2D eigenvalue weighted by atomic mass is 35.5. The van der Waals surface area contributed by atoms with Gasteiger partial charge in [0.15, 0.2) is 0 Å². The minimum absolute atomic E-state index is 0. The van der Waals surface area contributed by atoms with Gasteiger partial charge in [0, 0.05) is 18.1 Å². The van der Waals surface area contributed by atoms with Gasteiger partial charge in [0.1, 0.15) is 18.1 Å². The number of halogens is 2. The number of hydrogen-bond donors (Lipinski definition) is 2. The van der Waals surface area contributed by atoms with E-state index in [4.69, 9.17) is 22.1 Å². The Morgan fingerprint density at radius 2 is 2.04 bits per heavy atom. The molecule has 0 aliphatic heterocycles. The Balaban J connectivity index is 0.00000261. The van der Waals surface area contributed by atoms with Crippen molar-refractivity contribution in [1.29, 1.82) is 0 Å². The molecule has 5 nitrogen and oxygen atoms in total. The topological polar surface area (TPSA) is 77.2 Å². The standard InChI is InChI=1S/C19H18ClN3O2S.ClH/c20-15-5-1-3-13(9-15)11-25-16-6-2-4-14(10-16)18-17(23-12-26-18)19(24)22-8-7-21;/h1-6,9-10,12H,7-8,11,21H2,(H,22,24);1H. The van der Waals surface area contributed by atoms with Crippen molar-refractivity contribution >= 4 is 41.3 Å². The summed E-state index contributed by atoms with van der Waals surface area (Å²) < 4.78 is 5.86. The first-order valence-electron chi connectivity index (χ1n) is 8.07. The Morgan fingerprint density at radius 1 is 1.22 bits per heavy atom. The van der Waals surface area contributed by atoms with E-state index in [1.165, 1.54) is 11.3 Å². The zero-order valence-corrected chi connectivity index (χ0v) is 16.7. The van der Waals surface area contributed by atoms with E-state index in [-0.39, 0.29) is 18.3 Å². The van der Waals surface area contributed by atoms with E-state index in [1.54, 1.807) is 5.51 Å². The van der Waals surface area contributed by atoms with Gasteiger partial charge in [0.25, 0.3) is 5.91 Å². The number of aromatic nitrogens is 1. The van der Waals surface area contributed by atoms with Crippen LogP contribution in [0.15, 0.2) is 54.0 Å². The molecule has 0 aliphatic carbocycles. The van der Waals surface area contributed by atoms with Crippen LogP contribution < -0.4 is 15.8 Å². The van der Waals surface area contributed by atoms with Crippen LogP contribution in [0.25, 0.3) is 10.4 Å². The minimum Gasteiger partial charge on any atom is -0.489 e. The van der Waals surface area contributed by atoms with Crippen molar-refractivity contribution in [2.45, 2.75) is 6.61 Å². The molecule has 0 spiro atoms. The predicted octanol–water partition coefficient (Wildman–Crippen LogP) is 4.15. The van der Waals surface area contributed by atoms with Crippen LogP contribution in [0.5, 0.6) is 5.75 Å². The number of nitrogens with two attached hydrogens (primary N) is 1. The molecule has 0 fully saturated rings. The van der Waals surface area contributed by atoms with Gasteiger partial charge in [0.2, 0.25) is 0 Å². The number of rotatable bonds is 7. The summed E-state index contributed by atoms with van der Waals surface area (Å²) in [5, 5.41) is 3.43. The molecule has 0 saturated heterocycles. The van der Waals surface area contributed by atoms with E-state index in [0.717, 1.165) is 16.0 Å². The lowest BCUT2D eigenvalue weighted by Crippen LogP contribution is -2.29. The molecule has 142 valence electrons. The summed E-state index contributed by atoms with van der Waals surface area (Å²) in [6, 6.07) is 15.1. The molecule has 0 radical (unpaired) electrons. The monoisotopic (exact) mass is 423 g/mol. The molecular weight excluding hydrogens is 405 g/mol. The molecule has 0 atom stereocenters. The van der Waals surface area contributed by atoms with Crippen molar-refractivity contribution < 1.29 is 9.53 Å². The molecule has 0 unspecified atom stereocenters. The second-order valence-electron chi connectivity index (χ2n) is 5.52. The Kier molecular flexibility index (Phi) is 8.06. The van der Waals surface area contributed by atoms with E-state index in [1.807, 2.05) is 48.5 Å². The first-order valence-corrected chi connectivity index (χ1v) is 9.32. The van der Waals surface area contributed by atoms with Crippen molar-refractivity contribution in [1.82, 2.24) is 10.3 Å². The molecule has 0 saturated carbocycles. The van der Waals surface area contributed by atoms with Crippen LogP contribution in [0.3, 0.4) is 0 Å². The molecule has 0 aliphatic rings. The van der Waals surface area contributed by atoms with Crippen molar-refractivity contribution in [2.75, 3.05) is 13.1 Å². The highest BCUT2D eigenvalue weighted by Gasteiger charge is 2.16. The maximum absolute atomic E-state index is 12.2. The molecule has 1 heterocycles. The van der Waals surface area contributed by atoms with Crippen LogP contribution in [0.4, 0.5) is 0 Å². The van der Waals surface area contributed by atoms with Gasteiger partial charge < -0.3 is 15.8 Å². The largest absolute Gasteiger partial charge is 0.489 e. The molecule has 3 rings (SSSR count). The van der Waals surface area contributed by atoms with Gasteiger partial charge in [-0.2, -0.15) is 0 Å². The predicted molar refractivity (Wildman–Crippen MR) is 112 cm³/mol. The normalized spacial score (nSPS) is 10.1. The number of ether oxygens (including phenoxy) is 1. The fraction of sp³-hybridized carbons (Fsp3) is 0.158. The molecule has 3 N–H and O–H groups in total. The third-order valence-corrected chi connectivity index (χ3v) is 4.71. The number of nitrogens with one attached hydrogen (secondary N) is 1. The van der Waals surface area contributed by atoms with E-state index in [2.05, 4.69) is 10.3 Å². The Labute approximate surface area is 172 Å². The van der Waals surface area contributed by atoms with Crippen molar-refractivity contribution in [3.05, 3.63) is 70.3 Å². The fourth-order valence-corrected chi connectivity index (χ4v) is 3.40. The Hall–Kier alpha value is -2.12. The van der Waals surface area contributed by atoms with Gasteiger partial charge >= 0.3 is 0 Å². The first-order chi connectivity index (χ1) is 12.7. The summed E-state index contributed by atoms with van der Waals surface area (Å²) in [4.78, 5) is 17.2. The highest BCUT2D eigenvalue weighted by molar-refractivity contribution is 7.13. The maximum Gasteiger partial charge on any atom is 0.271 e. The van der Waals surface area contributed by atoms with Crippen molar-refractivity contribution in [2.24, 2.45) is 5.73 Å². The molecule has 3 aromatic rings. The molecule has 0 bridgehead atoms. The van der Waals surface area contributed by atoms with E-state index >= 15 is 0 Å². The summed E-state index contributed by atoms with van der Waals surface area (Å²) in [5.74, 6) is 0.487. The van der Waals surface area contributed by atoms with Gasteiger partial charge in [-0.25, -0.2) is 4.98 Å². The second-order valence-corrected chi connectivity index (χ2v) is 6.81. The quantitative estimate of drug-likeness (QED) is 0.597. The van der Waals surface area contributed by atoms with E-state index in [0.29, 0.717) is 36.2 Å². The summed E-state index contributed by atoms with van der Waals surface area (Å²) in [6.45, 7) is 1.22. The number of carbonyl (C=O) groups excluding carboxylic acids is 1. The number of hydrogen-bond acceptors (Lipinski definition) is 5. The second kappa shape index (κ2) is 10.3. The molecule has 2 aromatic carbocycles. The summed E-state index contributed by atoms with van der Waals surface area (Å²) in [6.07, 6.45) is 0. The smallest absolute Gasteiger partial charge is 0.271 e. The molecule has 1 amide bonds. The highest BCUT2D eigenvalue weighted by Crippen LogP contribution is 2.30. The average Bonchev–Trinajstić information content (AvgIpc) is 3.15. The van der Waals surface area contributed by atoms with Gasteiger partial charge in [-0.1, -0.05) is 35.9 Å². The summed E-state index contributed by atoms with van der Waals surface area (Å²) >= 11 is 7.41. The molecule has 27 heavy (non-hydrogen) atoms. The molecule has 8 heteroatoms. The van der Waals surface area contributed by atoms with Crippen LogP contribution in [0.1, 0.15) is 16.1 Å². The number of benzene rings is 2. The maximum atomic E-state index is 12.2. The zero-order valence-electron chi connectivity index (χ0n) is 14.4. The number of amides is 1. The van der Waals surface area contributed by atoms with Crippen molar-refractivity contribution in [3.63, 3.8) is 0 Å². The summed E-state index contributed by atoms with van der Waals surface area (Å²) in [7, 11) is 0. The third-order valence-electron chi connectivity index (χ3n) is 3.60. The Bertz CT molecular complexity index is 902. The number of nitrogens with zero attached hydrogens (tertiary/aromatic N) is 1. The van der Waals surface area contributed by atoms with Gasteiger partial charge in [-0.15, -0.1) is 23.7 Å². The number of thiazole rings is 1. The van der Waals surface area contributed by atoms with Crippen LogP contribution in [0, 0.1) is 0 Å². The fourth-order valence-electron chi connectivity index (χ4n) is 2.40. The van der Waals surface area contributed by atoms with Gasteiger partial charge in [0.05, 0.1) is 10.4 Å². The third kappa shape index (κ3) is 5.68. The lowest BCUT2D eigenvalue weighted by atomic mass is 10.1. The number of carbonyl (C=O) groups is 1. The lowest BCUT2D eigenvalue weighted by molar-refractivity contribution is 0.0951. The molecule has 1 aromatic heterocycles. The van der Waals surface area contributed by atoms with Crippen LogP contribution >= 0.6 is 35.3 Å². The average molecular weight is 424 g/mol. The zero-order chi connectivity index (χ0) is 18.4. The van der Waals surface area contributed by atoms with Crippen LogP contribution in [-0.4, -0.2) is 24.0 Å². The Morgan fingerprint density at radius 3 is 2.81 bits per heavy atom. The van der Waals surface area contributed by atoms with Gasteiger partial charge in [-0.3, -0.25) is 4.79 Å². The summed E-state index contributed by atoms with van der Waals surface area (Å²) in [5.41, 5.74) is 9.36. The first kappa shape index (κ1) is 21.2. The van der Waals surface area contributed by atoms with E-state index in [9.17, 15) is 4.79 Å². The van der Waals surface area contributed by atoms with Crippen molar-refractivity contribution in [3.8, 4) is 16.2 Å². The van der Waals surface area contributed by atoms with Gasteiger partial charge in [-0.05, 0) is 35.4 Å². The minimum atomic E-state index is -0.225. The van der Waals surface area contributed by atoms with Crippen LogP contribution in [-0.2, 0) is 6.61 Å². The van der Waals surface area contributed by atoms with E-state index < -0.39 is 0 Å². The molecular formula is C19H19Cl2N3O2S. The SMILES string of the molecule is Cl.NCCNC(=O)c1ncsc1-c1cccc(OCc2cccc(Cl)c2)c1. The van der Waals surface area contributed by atoms with Crippen LogP contribution in [0.2, 0.25) is 5.02 Å².